The Bertz CT molecular complexity index is 1950. The van der Waals surface area contributed by atoms with Crippen LogP contribution in [0.2, 0.25) is 0 Å². The van der Waals surface area contributed by atoms with Gasteiger partial charge in [0, 0.05) is 54.3 Å². The van der Waals surface area contributed by atoms with Crippen LogP contribution in [0.25, 0.3) is 17.2 Å². The highest BCUT2D eigenvalue weighted by Gasteiger charge is 2.19. The van der Waals surface area contributed by atoms with Gasteiger partial charge in [-0.1, -0.05) is 51.8 Å². The molecule has 0 radical (unpaired) electrons. The molecule has 3 aromatic carbocycles. The van der Waals surface area contributed by atoms with Crippen LogP contribution in [0, 0.1) is 0 Å². The number of nitrogens with zero attached hydrogens (tertiary/aromatic N) is 3. The molecular formula is C42H56N4O7S2. The second kappa shape index (κ2) is 22.3. The van der Waals surface area contributed by atoms with Crippen molar-refractivity contribution < 1.29 is 31.4 Å². The fourth-order valence-corrected chi connectivity index (χ4v) is 7.19. The Morgan fingerprint density at radius 3 is 2.31 bits per heavy atom. The molecule has 2 heterocycles. The van der Waals surface area contributed by atoms with Gasteiger partial charge < -0.3 is 24.3 Å². The third-order valence-corrected chi connectivity index (χ3v) is 10.2. The summed E-state index contributed by atoms with van der Waals surface area (Å²) in [6, 6.07) is 22.1. The summed E-state index contributed by atoms with van der Waals surface area (Å²) in [6.07, 6.45) is 13.4. The molecule has 1 aliphatic heterocycles. The molecule has 4 aromatic rings. The third-order valence-electron chi connectivity index (χ3n) is 8.89. The number of fused-ring (bicyclic) bond motifs is 1. The maximum atomic E-state index is 13.7. The number of unbranched alkanes of at least 4 members (excludes halogenated alkanes) is 2. The number of hydrogen-bond donors (Lipinski definition) is 2. The van der Waals surface area contributed by atoms with E-state index in [1.807, 2.05) is 36.4 Å². The smallest absolute Gasteiger partial charge is 0.261 e. The molecule has 0 saturated carbocycles. The first-order valence-electron chi connectivity index (χ1n) is 19.1. The molecule has 1 aliphatic rings. The zero-order valence-corrected chi connectivity index (χ0v) is 34.2. The fraction of sp³-hybridized carbons (Fsp3) is 0.429. The number of carbonyl (C=O) groups excluding carboxylic acids is 1. The van der Waals surface area contributed by atoms with Crippen molar-refractivity contribution in [3.05, 3.63) is 96.1 Å². The zero-order valence-electron chi connectivity index (χ0n) is 32.5. The second-order valence-corrected chi connectivity index (χ2v) is 16.4. The molecular weight excluding hydrogens is 737 g/mol. The predicted octanol–water partition coefficient (Wildman–Crippen LogP) is 8.39. The fourth-order valence-electron chi connectivity index (χ4n) is 6.08. The number of rotatable bonds is 18. The van der Waals surface area contributed by atoms with Crippen LogP contribution in [0.5, 0.6) is 5.75 Å². The highest BCUT2D eigenvalue weighted by molar-refractivity contribution is 7.85. The Hall–Kier alpha value is -4.30. The van der Waals surface area contributed by atoms with Crippen LogP contribution < -0.4 is 15.0 Å². The summed E-state index contributed by atoms with van der Waals surface area (Å²) in [7, 11) is -4.88. The van der Waals surface area contributed by atoms with Crippen molar-refractivity contribution in [1.29, 1.82) is 0 Å². The molecule has 11 nitrogen and oxygen atoms in total. The standard InChI is InChI=1S/C41H52N4O4S.CH4O3S/c1-4-7-22-44-23-9-10-34(41(46)43-36-14-18-39(19-15-36)50(47)30-37-29-42-31-45(37)21-6-3)28-35-27-33(13-20-40(35)44)32-11-16-38(17-12-32)49-26-25-48-24-8-5-2;1-5(2,3)4/h11-20,27-29,31H,4-10,21-26,30H2,1-3H3,(H,43,46);1H3,(H,2,3,4)/b34-28+;. The van der Waals surface area contributed by atoms with Crippen molar-refractivity contribution in [3.8, 4) is 16.9 Å². The molecule has 1 atom stereocenters. The van der Waals surface area contributed by atoms with Gasteiger partial charge in [0.05, 0.1) is 41.4 Å². The number of aryl methyl sites for hydroxylation is 1. The maximum Gasteiger partial charge on any atom is 0.261 e. The van der Waals surface area contributed by atoms with Gasteiger partial charge in [-0.3, -0.25) is 13.6 Å². The first-order chi connectivity index (χ1) is 26.5. The van der Waals surface area contributed by atoms with E-state index in [9.17, 15) is 17.4 Å². The molecule has 0 fully saturated rings. The van der Waals surface area contributed by atoms with Crippen molar-refractivity contribution in [2.45, 2.75) is 82.9 Å². The lowest BCUT2D eigenvalue weighted by atomic mass is 9.96. The molecule has 1 aromatic heterocycles. The minimum atomic E-state index is -3.67. The van der Waals surface area contributed by atoms with E-state index in [4.69, 9.17) is 14.0 Å². The van der Waals surface area contributed by atoms with Crippen LogP contribution in [-0.2, 0) is 42.7 Å². The lowest BCUT2D eigenvalue weighted by molar-refractivity contribution is -0.112. The number of ether oxygens (including phenoxy) is 2. The zero-order chi connectivity index (χ0) is 39.6. The van der Waals surface area contributed by atoms with Crippen LogP contribution in [0.15, 0.2) is 89.7 Å². The molecule has 0 bridgehead atoms. The molecule has 5 rings (SSSR count). The molecule has 13 heteroatoms. The van der Waals surface area contributed by atoms with Gasteiger partial charge in [0.1, 0.15) is 12.4 Å². The van der Waals surface area contributed by atoms with Crippen molar-refractivity contribution in [2.75, 3.05) is 49.4 Å². The van der Waals surface area contributed by atoms with Crippen molar-refractivity contribution in [3.63, 3.8) is 0 Å². The summed E-state index contributed by atoms with van der Waals surface area (Å²) >= 11 is 0. The third kappa shape index (κ3) is 14.7. The minimum Gasteiger partial charge on any atom is -0.491 e. The lowest BCUT2D eigenvalue weighted by Gasteiger charge is -2.29. The monoisotopic (exact) mass is 792 g/mol. The molecule has 1 amide bonds. The Morgan fingerprint density at radius 1 is 0.909 bits per heavy atom. The highest BCUT2D eigenvalue weighted by Crippen LogP contribution is 2.33. The molecule has 55 heavy (non-hydrogen) atoms. The van der Waals surface area contributed by atoms with Crippen molar-refractivity contribution >= 4 is 44.3 Å². The molecule has 0 spiro atoms. The lowest BCUT2D eigenvalue weighted by Crippen LogP contribution is -2.28. The van der Waals surface area contributed by atoms with Gasteiger partial charge in [-0.05, 0) is 103 Å². The number of hydrogen-bond acceptors (Lipinski definition) is 8. The van der Waals surface area contributed by atoms with Crippen molar-refractivity contribution in [2.24, 2.45) is 0 Å². The van der Waals surface area contributed by atoms with Crippen molar-refractivity contribution in [1.82, 2.24) is 9.55 Å². The second-order valence-electron chi connectivity index (χ2n) is 13.5. The van der Waals surface area contributed by atoms with E-state index in [1.165, 1.54) is 0 Å². The van der Waals surface area contributed by atoms with Gasteiger partial charge in [0.15, 0.2) is 0 Å². The van der Waals surface area contributed by atoms with E-state index < -0.39 is 20.9 Å². The van der Waals surface area contributed by atoms with E-state index in [0.29, 0.717) is 37.3 Å². The van der Waals surface area contributed by atoms with Crippen LogP contribution >= 0.6 is 0 Å². The number of aromatic nitrogens is 2. The van der Waals surface area contributed by atoms with Crippen LogP contribution in [0.4, 0.5) is 11.4 Å². The van der Waals surface area contributed by atoms with Crippen LogP contribution in [-0.4, -0.2) is 71.8 Å². The predicted molar refractivity (Wildman–Crippen MR) is 223 cm³/mol. The quantitative estimate of drug-likeness (QED) is 0.0751. The van der Waals surface area contributed by atoms with E-state index in [1.54, 1.807) is 12.5 Å². The topological polar surface area (TPSA) is 140 Å². The Kier molecular flexibility index (Phi) is 17.6. The summed E-state index contributed by atoms with van der Waals surface area (Å²) in [5.41, 5.74) is 6.77. The van der Waals surface area contributed by atoms with Gasteiger partial charge in [-0.15, -0.1) is 0 Å². The largest absolute Gasteiger partial charge is 0.491 e. The van der Waals surface area contributed by atoms with E-state index in [2.05, 4.69) is 76.9 Å². The van der Waals surface area contributed by atoms with Gasteiger partial charge >= 0.3 is 0 Å². The first kappa shape index (κ1) is 43.4. The van der Waals surface area contributed by atoms with Gasteiger partial charge in [0.2, 0.25) is 0 Å². The van der Waals surface area contributed by atoms with E-state index in [0.717, 1.165) is 109 Å². The number of nitrogens with one attached hydrogen (secondary N) is 1. The summed E-state index contributed by atoms with van der Waals surface area (Å²) < 4.78 is 52.5. The Morgan fingerprint density at radius 2 is 1.62 bits per heavy atom. The molecule has 298 valence electrons. The van der Waals surface area contributed by atoms with E-state index >= 15 is 0 Å². The number of carbonyl (C=O) groups is 1. The van der Waals surface area contributed by atoms with Gasteiger partial charge in [-0.25, -0.2) is 4.98 Å². The molecule has 1 unspecified atom stereocenters. The van der Waals surface area contributed by atoms with Gasteiger partial charge in [-0.2, -0.15) is 8.42 Å². The number of benzene rings is 3. The number of anilines is 2. The minimum absolute atomic E-state index is 0.110. The SMILES string of the molecule is CCCCOCCOc1ccc(-c2ccc3c(c2)/C=C(/C(=O)Nc2ccc(S(=O)Cc4cncn4CCC)cc2)CCCN3CCCC)cc1.CS(=O)(=O)O. The average Bonchev–Trinajstić information content (AvgIpc) is 3.59. The normalized spacial score (nSPS) is 14.3. The summed E-state index contributed by atoms with van der Waals surface area (Å²) in [4.78, 5) is 21.1. The van der Waals surface area contributed by atoms with Crippen LogP contribution in [0.3, 0.4) is 0 Å². The van der Waals surface area contributed by atoms with E-state index in [-0.39, 0.29) is 5.91 Å². The molecule has 0 saturated heterocycles. The summed E-state index contributed by atoms with van der Waals surface area (Å²) in [6.45, 7) is 11.1. The Labute approximate surface area is 329 Å². The number of amides is 1. The first-order valence-corrected chi connectivity index (χ1v) is 22.3. The van der Waals surface area contributed by atoms with Gasteiger partial charge in [0.25, 0.3) is 16.0 Å². The average molecular weight is 793 g/mol. The van der Waals surface area contributed by atoms with Crippen LogP contribution in [0.1, 0.15) is 77.0 Å². The Balaban J connectivity index is 0.00000126. The highest BCUT2D eigenvalue weighted by atomic mass is 32.2. The summed E-state index contributed by atoms with van der Waals surface area (Å²) in [5, 5.41) is 3.10. The number of imidazole rings is 1. The molecule has 0 aliphatic carbocycles. The summed E-state index contributed by atoms with van der Waals surface area (Å²) in [5.74, 6) is 1.12. The molecule has 2 N–H and O–H groups in total. The maximum absolute atomic E-state index is 13.7.